The summed E-state index contributed by atoms with van der Waals surface area (Å²) in [5.74, 6) is 0.753. The minimum absolute atomic E-state index is 0.674. The van der Waals surface area contributed by atoms with E-state index >= 15 is 0 Å². The molecule has 1 aromatic carbocycles. The summed E-state index contributed by atoms with van der Waals surface area (Å²) in [7, 11) is 0. The van der Waals surface area contributed by atoms with Gasteiger partial charge in [0.2, 0.25) is 0 Å². The van der Waals surface area contributed by atoms with Crippen molar-refractivity contribution in [2.45, 2.75) is 38.6 Å². The largest absolute Gasteiger partial charge is 0.369 e. The van der Waals surface area contributed by atoms with Gasteiger partial charge in [-0.1, -0.05) is 12.1 Å². The normalized spacial score (nSPS) is 22.0. The second-order valence-corrected chi connectivity index (χ2v) is 6.74. The molecule has 0 atom stereocenters. The molecule has 21 heavy (non-hydrogen) atoms. The standard InChI is InChI=1S/C18H29N3/c1-15(2)20-10-12-21(13-11-20)18-5-3-4-17(14-18)16-6-8-19-9-7-16/h3-5,14-16,19H,6-13H2,1-2H3. The van der Waals surface area contributed by atoms with E-state index in [9.17, 15) is 0 Å². The highest BCUT2D eigenvalue weighted by Crippen LogP contribution is 2.28. The van der Waals surface area contributed by atoms with Gasteiger partial charge < -0.3 is 10.2 Å². The first-order valence-electron chi connectivity index (χ1n) is 8.54. The first kappa shape index (κ1) is 14.9. The molecule has 0 saturated carbocycles. The number of nitrogens with one attached hydrogen (secondary N) is 1. The Hall–Kier alpha value is -1.06. The van der Waals surface area contributed by atoms with Gasteiger partial charge >= 0.3 is 0 Å². The van der Waals surface area contributed by atoms with Crippen LogP contribution in [0.1, 0.15) is 38.2 Å². The summed E-state index contributed by atoms with van der Waals surface area (Å²) in [4.78, 5) is 5.14. The lowest BCUT2D eigenvalue weighted by Crippen LogP contribution is -2.48. The summed E-state index contributed by atoms with van der Waals surface area (Å²) in [5.41, 5.74) is 2.97. The number of anilines is 1. The zero-order chi connectivity index (χ0) is 14.7. The monoisotopic (exact) mass is 287 g/mol. The molecule has 2 saturated heterocycles. The van der Waals surface area contributed by atoms with Gasteiger partial charge in [-0.2, -0.15) is 0 Å². The maximum atomic E-state index is 3.46. The van der Waals surface area contributed by atoms with Crippen LogP contribution in [0.15, 0.2) is 24.3 Å². The molecule has 3 rings (SSSR count). The highest BCUT2D eigenvalue weighted by Gasteiger charge is 2.20. The fraction of sp³-hybridized carbons (Fsp3) is 0.667. The Morgan fingerprint density at radius 3 is 2.43 bits per heavy atom. The van der Waals surface area contributed by atoms with Crippen LogP contribution in [-0.2, 0) is 0 Å². The fourth-order valence-electron chi connectivity index (χ4n) is 3.63. The zero-order valence-electron chi connectivity index (χ0n) is 13.5. The van der Waals surface area contributed by atoms with E-state index in [0.29, 0.717) is 6.04 Å². The van der Waals surface area contributed by atoms with Crippen molar-refractivity contribution < 1.29 is 0 Å². The summed E-state index contributed by atoms with van der Waals surface area (Å²) in [6.45, 7) is 11.6. The third kappa shape index (κ3) is 3.58. The van der Waals surface area contributed by atoms with Crippen LogP contribution in [-0.4, -0.2) is 50.2 Å². The second kappa shape index (κ2) is 6.80. The zero-order valence-corrected chi connectivity index (χ0v) is 13.5. The van der Waals surface area contributed by atoms with Gasteiger partial charge in [-0.15, -0.1) is 0 Å². The van der Waals surface area contributed by atoms with Gasteiger partial charge in [0.15, 0.2) is 0 Å². The predicted molar refractivity (Wildman–Crippen MR) is 90.2 cm³/mol. The van der Waals surface area contributed by atoms with E-state index in [1.807, 2.05) is 0 Å². The Balaban J connectivity index is 1.66. The highest BCUT2D eigenvalue weighted by atomic mass is 15.3. The fourth-order valence-corrected chi connectivity index (χ4v) is 3.63. The number of rotatable bonds is 3. The van der Waals surface area contributed by atoms with Crippen molar-refractivity contribution in [1.82, 2.24) is 10.2 Å². The van der Waals surface area contributed by atoms with E-state index in [2.05, 4.69) is 53.2 Å². The molecule has 0 radical (unpaired) electrons. The van der Waals surface area contributed by atoms with Crippen molar-refractivity contribution in [2.75, 3.05) is 44.2 Å². The molecule has 3 heteroatoms. The number of hydrogen-bond acceptors (Lipinski definition) is 3. The average molecular weight is 287 g/mol. The van der Waals surface area contributed by atoms with Gasteiger partial charge in [0.25, 0.3) is 0 Å². The summed E-state index contributed by atoms with van der Waals surface area (Å²) in [5, 5.41) is 3.46. The second-order valence-electron chi connectivity index (χ2n) is 6.74. The average Bonchev–Trinajstić information content (AvgIpc) is 2.56. The molecule has 0 aliphatic carbocycles. The van der Waals surface area contributed by atoms with Crippen LogP contribution in [0.5, 0.6) is 0 Å². The molecule has 0 amide bonds. The van der Waals surface area contributed by atoms with Gasteiger partial charge in [0.1, 0.15) is 0 Å². The lowest BCUT2D eigenvalue weighted by Gasteiger charge is -2.38. The molecule has 1 N–H and O–H groups in total. The van der Waals surface area contributed by atoms with E-state index in [4.69, 9.17) is 0 Å². The van der Waals surface area contributed by atoms with Crippen molar-refractivity contribution in [1.29, 1.82) is 0 Å². The highest BCUT2D eigenvalue weighted by molar-refractivity contribution is 5.50. The maximum absolute atomic E-state index is 3.46. The van der Waals surface area contributed by atoms with Gasteiger partial charge in [0.05, 0.1) is 0 Å². The smallest absolute Gasteiger partial charge is 0.0369 e. The summed E-state index contributed by atoms with van der Waals surface area (Å²) in [6.07, 6.45) is 2.56. The minimum Gasteiger partial charge on any atom is -0.369 e. The van der Waals surface area contributed by atoms with Crippen LogP contribution in [0, 0.1) is 0 Å². The van der Waals surface area contributed by atoms with E-state index < -0.39 is 0 Å². The van der Waals surface area contributed by atoms with Crippen molar-refractivity contribution in [3.63, 3.8) is 0 Å². The van der Waals surface area contributed by atoms with E-state index in [1.165, 1.54) is 44.7 Å². The molecule has 1 aromatic rings. The van der Waals surface area contributed by atoms with Crippen LogP contribution >= 0.6 is 0 Å². The van der Waals surface area contributed by atoms with E-state index in [1.54, 1.807) is 5.56 Å². The first-order valence-corrected chi connectivity index (χ1v) is 8.54. The topological polar surface area (TPSA) is 18.5 Å². The summed E-state index contributed by atoms with van der Waals surface area (Å²) in [6, 6.07) is 9.98. The molecule has 2 fully saturated rings. The molecule has 0 unspecified atom stereocenters. The Morgan fingerprint density at radius 2 is 1.76 bits per heavy atom. The van der Waals surface area contributed by atoms with E-state index in [0.717, 1.165) is 19.0 Å². The van der Waals surface area contributed by atoms with Gasteiger partial charge in [-0.3, -0.25) is 4.90 Å². The first-order chi connectivity index (χ1) is 10.2. The van der Waals surface area contributed by atoms with Gasteiger partial charge in [-0.05, 0) is 63.4 Å². The lowest BCUT2D eigenvalue weighted by molar-refractivity contribution is 0.209. The third-order valence-electron chi connectivity index (χ3n) is 5.09. The maximum Gasteiger partial charge on any atom is 0.0369 e. The Labute approximate surface area is 129 Å². The number of nitrogens with zero attached hydrogens (tertiary/aromatic N) is 2. The quantitative estimate of drug-likeness (QED) is 0.922. The molecule has 0 aromatic heterocycles. The van der Waals surface area contributed by atoms with E-state index in [-0.39, 0.29) is 0 Å². The van der Waals surface area contributed by atoms with Gasteiger partial charge in [-0.25, -0.2) is 0 Å². The summed E-state index contributed by atoms with van der Waals surface area (Å²) >= 11 is 0. The van der Waals surface area contributed by atoms with Crippen molar-refractivity contribution in [3.8, 4) is 0 Å². The molecule has 3 nitrogen and oxygen atoms in total. The van der Waals surface area contributed by atoms with Crippen molar-refractivity contribution in [2.24, 2.45) is 0 Å². The molecular weight excluding hydrogens is 258 g/mol. The number of piperidine rings is 1. The molecular formula is C18H29N3. The van der Waals surface area contributed by atoms with Crippen molar-refractivity contribution in [3.05, 3.63) is 29.8 Å². The Morgan fingerprint density at radius 1 is 1.05 bits per heavy atom. The van der Waals surface area contributed by atoms with Crippen LogP contribution < -0.4 is 10.2 Å². The predicted octanol–water partition coefficient (Wildman–Crippen LogP) is 2.68. The molecule has 0 bridgehead atoms. The van der Waals surface area contributed by atoms with Crippen LogP contribution in [0.3, 0.4) is 0 Å². The lowest BCUT2D eigenvalue weighted by atomic mass is 9.90. The van der Waals surface area contributed by atoms with Crippen LogP contribution in [0.25, 0.3) is 0 Å². The minimum atomic E-state index is 0.674. The van der Waals surface area contributed by atoms with Crippen LogP contribution in [0.2, 0.25) is 0 Å². The summed E-state index contributed by atoms with van der Waals surface area (Å²) < 4.78 is 0. The van der Waals surface area contributed by atoms with Gasteiger partial charge in [0, 0.05) is 37.9 Å². The number of hydrogen-bond donors (Lipinski definition) is 1. The number of benzene rings is 1. The molecule has 116 valence electrons. The Bertz CT molecular complexity index is 444. The molecule has 2 heterocycles. The molecule has 0 spiro atoms. The SMILES string of the molecule is CC(C)N1CCN(c2cccc(C3CCNCC3)c2)CC1. The van der Waals surface area contributed by atoms with Crippen LogP contribution in [0.4, 0.5) is 5.69 Å². The molecule has 2 aliphatic heterocycles. The molecule has 2 aliphatic rings. The number of piperazine rings is 1. The third-order valence-corrected chi connectivity index (χ3v) is 5.09. The Kier molecular flexibility index (Phi) is 4.81. The van der Waals surface area contributed by atoms with Crippen molar-refractivity contribution >= 4 is 5.69 Å².